The lowest BCUT2D eigenvalue weighted by molar-refractivity contribution is -0.385. The van der Waals surface area contributed by atoms with Crippen LogP contribution in [0, 0.1) is 10.1 Å². The second kappa shape index (κ2) is 8.15. The van der Waals surface area contributed by atoms with Gasteiger partial charge in [0.05, 0.1) is 4.92 Å². The number of amides is 2. The maximum atomic E-state index is 12.3. The second-order valence-electron chi connectivity index (χ2n) is 5.94. The van der Waals surface area contributed by atoms with Crippen LogP contribution >= 0.6 is 11.6 Å². The van der Waals surface area contributed by atoms with Gasteiger partial charge in [-0.25, -0.2) is 0 Å². The zero-order valence-electron chi connectivity index (χ0n) is 14.1. The molecule has 1 saturated heterocycles. The fraction of sp³-hybridized carbons (Fsp3) is 0.222. The average Bonchev–Trinajstić information content (AvgIpc) is 3.18. The summed E-state index contributed by atoms with van der Waals surface area (Å²) in [5, 5.41) is 16.6. The Morgan fingerprint density at radius 2 is 1.78 bits per heavy atom. The molecule has 1 aliphatic rings. The summed E-state index contributed by atoms with van der Waals surface area (Å²) in [6.07, 6.45) is 1.12. The third kappa shape index (κ3) is 4.60. The smallest absolute Gasteiger partial charge is 0.283 e. The Morgan fingerprint density at radius 1 is 1.11 bits per heavy atom. The highest BCUT2D eigenvalue weighted by Crippen LogP contribution is 2.24. The number of hydrogen-bond acceptors (Lipinski definition) is 5. The van der Waals surface area contributed by atoms with Crippen LogP contribution in [0.1, 0.15) is 23.2 Å². The maximum absolute atomic E-state index is 12.3. The van der Waals surface area contributed by atoms with Gasteiger partial charge < -0.3 is 15.4 Å². The first-order valence-corrected chi connectivity index (χ1v) is 8.59. The Labute approximate surface area is 159 Å². The minimum absolute atomic E-state index is 0.0971. The van der Waals surface area contributed by atoms with E-state index in [2.05, 4.69) is 10.6 Å². The molecule has 2 aromatic carbocycles. The van der Waals surface area contributed by atoms with Crippen LogP contribution < -0.4 is 10.6 Å². The molecule has 2 amide bonds. The molecule has 140 valence electrons. The van der Waals surface area contributed by atoms with Crippen LogP contribution in [0.2, 0.25) is 5.02 Å². The number of nitrogens with zero attached hydrogens (tertiary/aromatic N) is 1. The first-order valence-electron chi connectivity index (χ1n) is 8.22. The molecule has 1 aliphatic heterocycles. The van der Waals surface area contributed by atoms with Crippen LogP contribution in [-0.2, 0) is 9.53 Å². The Hall–Kier alpha value is -2.97. The first kappa shape index (κ1) is 18.8. The summed E-state index contributed by atoms with van der Waals surface area (Å²) in [5.74, 6) is -0.837. The summed E-state index contributed by atoms with van der Waals surface area (Å²) in [7, 11) is 0. The summed E-state index contributed by atoms with van der Waals surface area (Å²) in [6, 6.07) is 10.3. The predicted octanol–water partition coefficient (Wildman–Crippen LogP) is 3.62. The summed E-state index contributed by atoms with van der Waals surface area (Å²) in [4.78, 5) is 34.8. The van der Waals surface area contributed by atoms with Gasteiger partial charge in [-0.05, 0) is 49.2 Å². The fourth-order valence-corrected chi connectivity index (χ4v) is 2.86. The van der Waals surface area contributed by atoms with Gasteiger partial charge in [0.25, 0.3) is 17.5 Å². The number of carbonyl (C=O) groups excluding carboxylic acids is 2. The van der Waals surface area contributed by atoms with Crippen molar-refractivity contribution in [3.05, 3.63) is 63.2 Å². The number of nitro groups is 1. The van der Waals surface area contributed by atoms with Crippen LogP contribution in [0.25, 0.3) is 0 Å². The van der Waals surface area contributed by atoms with Crippen LogP contribution in [0.5, 0.6) is 0 Å². The van der Waals surface area contributed by atoms with Crippen molar-refractivity contribution in [2.24, 2.45) is 0 Å². The van der Waals surface area contributed by atoms with E-state index >= 15 is 0 Å². The van der Waals surface area contributed by atoms with E-state index in [0.717, 1.165) is 12.5 Å². The summed E-state index contributed by atoms with van der Waals surface area (Å²) in [5.41, 5.74) is 0.519. The number of hydrogen-bond donors (Lipinski definition) is 2. The molecular weight excluding hydrogens is 374 g/mol. The van der Waals surface area contributed by atoms with Crippen molar-refractivity contribution in [1.82, 2.24) is 0 Å². The van der Waals surface area contributed by atoms with E-state index in [0.29, 0.717) is 24.4 Å². The van der Waals surface area contributed by atoms with E-state index in [1.165, 1.54) is 12.1 Å². The van der Waals surface area contributed by atoms with Crippen LogP contribution in [-0.4, -0.2) is 29.4 Å². The summed E-state index contributed by atoms with van der Waals surface area (Å²) in [6.45, 7) is 0.583. The molecule has 9 heteroatoms. The van der Waals surface area contributed by atoms with Gasteiger partial charge >= 0.3 is 0 Å². The van der Waals surface area contributed by atoms with Crippen molar-refractivity contribution in [1.29, 1.82) is 0 Å². The highest BCUT2D eigenvalue weighted by Gasteiger charge is 2.23. The third-order valence-electron chi connectivity index (χ3n) is 4.03. The van der Waals surface area contributed by atoms with Crippen LogP contribution in [0.3, 0.4) is 0 Å². The van der Waals surface area contributed by atoms with Crippen molar-refractivity contribution < 1.29 is 19.2 Å². The molecule has 0 saturated carbocycles. The third-order valence-corrected chi connectivity index (χ3v) is 4.27. The molecule has 2 N–H and O–H groups in total. The lowest BCUT2D eigenvalue weighted by Gasteiger charge is -2.11. The average molecular weight is 390 g/mol. The van der Waals surface area contributed by atoms with E-state index in [1.54, 1.807) is 24.3 Å². The lowest BCUT2D eigenvalue weighted by atomic mass is 10.1. The number of benzene rings is 2. The first-order chi connectivity index (χ1) is 12.9. The SMILES string of the molecule is O=C(Nc1ccc(NC(=O)[C@H]2CCCO2)cc1)c1ccc(Cl)cc1[N+](=O)[O-]. The zero-order valence-corrected chi connectivity index (χ0v) is 14.9. The number of ether oxygens (including phenoxy) is 1. The van der Waals surface area contributed by atoms with Gasteiger partial charge in [-0.3, -0.25) is 19.7 Å². The molecule has 1 fully saturated rings. The van der Waals surface area contributed by atoms with Gasteiger partial charge in [0.15, 0.2) is 0 Å². The van der Waals surface area contributed by atoms with E-state index in [-0.39, 0.29) is 22.2 Å². The van der Waals surface area contributed by atoms with Gasteiger partial charge in [-0.2, -0.15) is 0 Å². The number of nitro benzene ring substituents is 1. The number of rotatable bonds is 5. The largest absolute Gasteiger partial charge is 0.368 e. The highest BCUT2D eigenvalue weighted by molar-refractivity contribution is 6.31. The van der Waals surface area contributed by atoms with Crippen molar-refractivity contribution in [3.63, 3.8) is 0 Å². The predicted molar refractivity (Wildman–Crippen MR) is 100 cm³/mol. The molecule has 1 heterocycles. The normalized spacial score (nSPS) is 16.0. The van der Waals surface area contributed by atoms with E-state index in [1.807, 2.05) is 0 Å². The molecule has 0 unspecified atom stereocenters. The van der Waals surface area contributed by atoms with E-state index in [9.17, 15) is 19.7 Å². The topological polar surface area (TPSA) is 111 Å². The molecule has 0 aromatic heterocycles. The molecular formula is C18H16ClN3O5. The Balaban J connectivity index is 1.67. The van der Waals surface area contributed by atoms with Crippen molar-refractivity contribution in [2.75, 3.05) is 17.2 Å². The molecule has 8 nitrogen and oxygen atoms in total. The van der Waals surface area contributed by atoms with Gasteiger partial charge in [0.2, 0.25) is 0 Å². The van der Waals surface area contributed by atoms with E-state index in [4.69, 9.17) is 16.3 Å². The van der Waals surface area contributed by atoms with Crippen molar-refractivity contribution >= 4 is 40.5 Å². The molecule has 27 heavy (non-hydrogen) atoms. The molecule has 2 aromatic rings. The number of nitrogens with one attached hydrogen (secondary N) is 2. The molecule has 3 rings (SSSR count). The molecule has 0 spiro atoms. The van der Waals surface area contributed by atoms with Gasteiger partial charge in [0, 0.05) is 29.1 Å². The van der Waals surface area contributed by atoms with E-state index < -0.39 is 16.9 Å². The summed E-state index contributed by atoms with van der Waals surface area (Å²) >= 11 is 5.75. The Bertz CT molecular complexity index is 879. The zero-order chi connectivity index (χ0) is 19.4. The number of halogens is 1. The second-order valence-corrected chi connectivity index (χ2v) is 6.38. The highest BCUT2D eigenvalue weighted by atomic mass is 35.5. The van der Waals surface area contributed by atoms with Crippen LogP contribution in [0.15, 0.2) is 42.5 Å². The fourth-order valence-electron chi connectivity index (χ4n) is 2.69. The monoisotopic (exact) mass is 389 g/mol. The van der Waals surface area contributed by atoms with Gasteiger partial charge in [-0.1, -0.05) is 11.6 Å². The minimum Gasteiger partial charge on any atom is -0.368 e. The molecule has 0 aliphatic carbocycles. The number of anilines is 2. The molecule has 1 atom stereocenters. The van der Waals surface area contributed by atoms with Crippen LogP contribution in [0.4, 0.5) is 17.1 Å². The lowest BCUT2D eigenvalue weighted by Crippen LogP contribution is -2.26. The maximum Gasteiger partial charge on any atom is 0.283 e. The summed E-state index contributed by atoms with van der Waals surface area (Å²) < 4.78 is 5.32. The molecule has 0 radical (unpaired) electrons. The van der Waals surface area contributed by atoms with Gasteiger partial charge in [0.1, 0.15) is 11.7 Å². The van der Waals surface area contributed by atoms with Gasteiger partial charge in [-0.15, -0.1) is 0 Å². The molecule has 0 bridgehead atoms. The van der Waals surface area contributed by atoms with Crippen molar-refractivity contribution in [2.45, 2.75) is 18.9 Å². The van der Waals surface area contributed by atoms with Crippen molar-refractivity contribution in [3.8, 4) is 0 Å². The minimum atomic E-state index is -0.662. The Morgan fingerprint density at radius 3 is 2.37 bits per heavy atom. The Kier molecular flexibility index (Phi) is 5.68. The standard InChI is InChI=1S/C18H16ClN3O5/c19-11-3-8-14(15(10-11)22(25)26)17(23)20-12-4-6-13(7-5-12)21-18(24)16-2-1-9-27-16/h3-8,10,16H,1-2,9H2,(H,20,23)(H,21,24)/t16-/m1/s1. The quantitative estimate of drug-likeness (QED) is 0.599. The number of carbonyl (C=O) groups is 2.